The Bertz CT molecular complexity index is 743. The third-order valence-corrected chi connectivity index (χ3v) is 4.92. The highest BCUT2D eigenvalue weighted by Crippen LogP contribution is 2.45. The molecule has 0 bridgehead atoms. The summed E-state index contributed by atoms with van der Waals surface area (Å²) in [7, 11) is 0. The minimum Gasteiger partial charge on any atom is -0.364 e. The van der Waals surface area contributed by atoms with E-state index < -0.39 is 0 Å². The molecule has 24 heavy (non-hydrogen) atoms. The number of nitrogens with zero attached hydrogens (tertiary/aromatic N) is 5. The van der Waals surface area contributed by atoms with Crippen molar-refractivity contribution < 1.29 is 0 Å². The maximum absolute atomic E-state index is 4.41. The SMILES string of the molecule is Cc1cc2c(cc1/C=N\n1cnnc1)[C@H](C)CC(C)(C)N2C(C)C. The van der Waals surface area contributed by atoms with Crippen molar-refractivity contribution in [1.82, 2.24) is 14.9 Å². The number of anilines is 1. The summed E-state index contributed by atoms with van der Waals surface area (Å²) in [6.45, 7) is 13.7. The molecule has 0 N–H and O–H groups in total. The van der Waals surface area contributed by atoms with Gasteiger partial charge in [0.1, 0.15) is 12.7 Å². The van der Waals surface area contributed by atoms with Crippen molar-refractivity contribution in [2.24, 2.45) is 5.10 Å². The van der Waals surface area contributed by atoms with Gasteiger partial charge < -0.3 is 4.90 Å². The number of aromatic nitrogens is 3. The first-order valence-electron chi connectivity index (χ1n) is 8.62. The molecule has 1 aliphatic heterocycles. The predicted octanol–water partition coefficient (Wildman–Crippen LogP) is 3.97. The highest BCUT2D eigenvalue weighted by molar-refractivity contribution is 5.84. The molecule has 128 valence electrons. The Morgan fingerprint density at radius 1 is 1.25 bits per heavy atom. The molecule has 5 heteroatoms. The van der Waals surface area contributed by atoms with E-state index in [0.717, 1.165) is 12.0 Å². The second-order valence-electron chi connectivity index (χ2n) is 7.74. The summed E-state index contributed by atoms with van der Waals surface area (Å²) in [5, 5.41) is 12.0. The van der Waals surface area contributed by atoms with Gasteiger partial charge in [0.25, 0.3) is 0 Å². The largest absolute Gasteiger partial charge is 0.364 e. The summed E-state index contributed by atoms with van der Waals surface area (Å²) in [4.78, 5) is 2.57. The smallest absolute Gasteiger partial charge is 0.141 e. The van der Waals surface area contributed by atoms with Crippen LogP contribution in [-0.2, 0) is 0 Å². The Morgan fingerprint density at radius 2 is 1.92 bits per heavy atom. The minimum atomic E-state index is 0.172. The van der Waals surface area contributed by atoms with Crippen LogP contribution in [0.5, 0.6) is 0 Å². The van der Waals surface area contributed by atoms with E-state index in [4.69, 9.17) is 0 Å². The molecule has 1 aromatic heterocycles. The van der Waals surface area contributed by atoms with Gasteiger partial charge in [0.05, 0.1) is 6.21 Å². The molecule has 1 aromatic carbocycles. The van der Waals surface area contributed by atoms with Crippen LogP contribution in [0.2, 0.25) is 0 Å². The van der Waals surface area contributed by atoms with Crippen LogP contribution in [0, 0.1) is 6.92 Å². The van der Waals surface area contributed by atoms with Crippen molar-refractivity contribution in [3.63, 3.8) is 0 Å². The van der Waals surface area contributed by atoms with Crippen LogP contribution in [-0.4, -0.2) is 32.7 Å². The molecule has 0 fully saturated rings. The second kappa shape index (κ2) is 6.04. The maximum atomic E-state index is 4.41. The zero-order valence-corrected chi connectivity index (χ0v) is 15.5. The first-order chi connectivity index (χ1) is 11.3. The number of rotatable bonds is 3. The average Bonchev–Trinajstić information content (AvgIpc) is 2.97. The standard InChI is InChI=1S/C19H27N5/c1-13(2)24-18-7-14(3)16(10-22-23-11-20-21-12-23)8-17(18)15(4)9-19(24,5)6/h7-8,10-13,15H,9H2,1-6H3/b22-10-/t15-/m1/s1. The minimum absolute atomic E-state index is 0.172. The lowest BCUT2D eigenvalue weighted by Crippen LogP contribution is -2.51. The van der Waals surface area contributed by atoms with Gasteiger partial charge >= 0.3 is 0 Å². The van der Waals surface area contributed by atoms with Gasteiger partial charge in [-0.3, -0.25) is 0 Å². The molecule has 3 rings (SSSR count). The summed E-state index contributed by atoms with van der Waals surface area (Å²) in [6.07, 6.45) is 6.24. The molecule has 2 aromatic rings. The molecule has 0 aliphatic carbocycles. The van der Waals surface area contributed by atoms with E-state index >= 15 is 0 Å². The van der Waals surface area contributed by atoms with Crippen molar-refractivity contribution in [3.05, 3.63) is 41.5 Å². The van der Waals surface area contributed by atoms with E-state index in [1.165, 1.54) is 16.8 Å². The molecule has 5 nitrogen and oxygen atoms in total. The second-order valence-corrected chi connectivity index (χ2v) is 7.74. The first-order valence-corrected chi connectivity index (χ1v) is 8.62. The summed E-state index contributed by atoms with van der Waals surface area (Å²) >= 11 is 0. The summed E-state index contributed by atoms with van der Waals surface area (Å²) in [5.41, 5.74) is 5.34. The van der Waals surface area contributed by atoms with Crippen molar-refractivity contribution in [2.75, 3.05) is 4.90 Å². The summed E-state index contributed by atoms with van der Waals surface area (Å²) < 4.78 is 1.62. The molecule has 0 saturated heterocycles. The Balaban J connectivity index is 2.05. The van der Waals surface area contributed by atoms with Gasteiger partial charge in [-0.25, -0.2) is 4.68 Å². The first kappa shape index (κ1) is 16.7. The van der Waals surface area contributed by atoms with E-state index in [0.29, 0.717) is 12.0 Å². The Kier molecular flexibility index (Phi) is 4.20. The topological polar surface area (TPSA) is 46.3 Å². The fraction of sp³-hybridized carbons (Fsp3) is 0.526. The lowest BCUT2D eigenvalue weighted by Gasteiger charge is -2.50. The van der Waals surface area contributed by atoms with Crippen molar-refractivity contribution in [1.29, 1.82) is 0 Å². The zero-order valence-electron chi connectivity index (χ0n) is 15.5. The lowest BCUT2D eigenvalue weighted by molar-refractivity contribution is 0.356. The zero-order chi connectivity index (χ0) is 17.5. The van der Waals surface area contributed by atoms with Gasteiger partial charge in [-0.2, -0.15) is 5.10 Å². The number of hydrogen-bond donors (Lipinski definition) is 0. The third kappa shape index (κ3) is 2.95. The molecule has 0 radical (unpaired) electrons. The molecule has 1 atom stereocenters. The van der Waals surface area contributed by atoms with Crippen LogP contribution in [0.4, 0.5) is 5.69 Å². The quantitative estimate of drug-likeness (QED) is 0.802. The van der Waals surface area contributed by atoms with Gasteiger partial charge in [-0.05, 0) is 75.8 Å². The van der Waals surface area contributed by atoms with Gasteiger partial charge in [0.2, 0.25) is 0 Å². The molecule has 2 heterocycles. The number of hydrogen-bond acceptors (Lipinski definition) is 4. The Hall–Kier alpha value is -2.17. The molecular formula is C19H27N5. The van der Waals surface area contributed by atoms with Crippen molar-refractivity contribution in [2.45, 2.75) is 65.5 Å². The highest BCUT2D eigenvalue weighted by Gasteiger charge is 2.37. The van der Waals surface area contributed by atoms with E-state index in [1.807, 2.05) is 6.21 Å². The van der Waals surface area contributed by atoms with Crippen LogP contribution in [0.1, 0.15) is 63.6 Å². The molecule has 1 aliphatic rings. The summed E-state index contributed by atoms with van der Waals surface area (Å²) in [6, 6.07) is 5.09. The predicted molar refractivity (Wildman–Crippen MR) is 98.9 cm³/mol. The summed E-state index contributed by atoms with van der Waals surface area (Å²) in [5.74, 6) is 0.535. The number of aryl methyl sites for hydroxylation is 1. The van der Waals surface area contributed by atoms with Crippen molar-refractivity contribution in [3.8, 4) is 0 Å². The van der Waals surface area contributed by atoms with Crippen LogP contribution < -0.4 is 4.90 Å². The van der Waals surface area contributed by atoms with Crippen LogP contribution >= 0.6 is 0 Å². The van der Waals surface area contributed by atoms with Gasteiger partial charge in [-0.15, -0.1) is 10.2 Å². The fourth-order valence-corrected chi connectivity index (χ4v) is 4.11. The van der Waals surface area contributed by atoms with Gasteiger partial charge in [0, 0.05) is 17.3 Å². The molecule has 0 unspecified atom stereocenters. The fourth-order valence-electron chi connectivity index (χ4n) is 4.11. The van der Waals surface area contributed by atoms with E-state index in [1.54, 1.807) is 17.3 Å². The van der Waals surface area contributed by atoms with E-state index in [2.05, 4.69) is 73.9 Å². The number of fused-ring (bicyclic) bond motifs is 1. The molecular weight excluding hydrogens is 298 g/mol. The Labute approximate surface area is 144 Å². The van der Waals surface area contributed by atoms with Gasteiger partial charge in [-0.1, -0.05) is 6.92 Å². The molecule has 0 spiro atoms. The Morgan fingerprint density at radius 3 is 2.54 bits per heavy atom. The molecule has 0 saturated carbocycles. The van der Waals surface area contributed by atoms with Crippen LogP contribution in [0.15, 0.2) is 29.9 Å². The maximum Gasteiger partial charge on any atom is 0.141 e. The molecule has 0 amide bonds. The number of benzene rings is 1. The van der Waals surface area contributed by atoms with Crippen LogP contribution in [0.3, 0.4) is 0 Å². The lowest BCUT2D eigenvalue weighted by atomic mass is 9.78. The van der Waals surface area contributed by atoms with Crippen LogP contribution in [0.25, 0.3) is 0 Å². The monoisotopic (exact) mass is 325 g/mol. The van der Waals surface area contributed by atoms with E-state index in [9.17, 15) is 0 Å². The highest BCUT2D eigenvalue weighted by atomic mass is 15.4. The third-order valence-electron chi connectivity index (χ3n) is 4.92. The van der Waals surface area contributed by atoms with Gasteiger partial charge in [0.15, 0.2) is 0 Å². The van der Waals surface area contributed by atoms with Crippen molar-refractivity contribution >= 4 is 11.9 Å². The normalized spacial score (nSPS) is 20.0. The average molecular weight is 325 g/mol. The van der Waals surface area contributed by atoms with E-state index in [-0.39, 0.29) is 5.54 Å².